The van der Waals surface area contributed by atoms with Crippen molar-refractivity contribution < 1.29 is 19.1 Å². The molecule has 1 atom stereocenters. The van der Waals surface area contributed by atoms with Crippen molar-refractivity contribution in [3.8, 4) is 5.69 Å². The molecule has 1 aromatic carbocycles. The SMILES string of the molecule is COC(=O)CCCC(=O)N1CCCC[C@@H]1C(=O)Nc1ccc(-n2nc(C)cc2C)cc1. The number of carbonyl (C=O) groups is 3. The molecular formula is C23H30N4O4. The number of hydrogen-bond donors (Lipinski definition) is 1. The fourth-order valence-corrected chi connectivity index (χ4v) is 3.93. The molecule has 1 aliphatic rings. The Morgan fingerprint density at radius 2 is 1.87 bits per heavy atom. The largest absolute Gasteiger partial charge is 0.469 e. The molecule has 2 aromatic rings. The van der Waals surface area contributed by atoms with Gasteiger partial charge in [-0.15, -0.1) is 0 Å². The summed E-state index contributed by atoms with van der Waals surface area (Å²) in [4.78, 5) is 38.5. The van der Waals surface area contributed by atoms with Gasteiger partial charge in [0.15, 0.2) is 0 Å². The summed E-state index contributed by atoms with van der Waals surface area (Å²) >= 11 is 0. The van der Waals surface area contributed by atoms with Crippen LogP contribution in [0.3, 0.4) is 0 Å². The van der Waals surface area contributed by atoms with Crippen molar-refractivity contribution in [2.75, 3.05) is 19.0 Å². The number of nitrogens with one attached hydrogen (secondary N) is 1. The molecule has 1 saturated heterocycles. The number of aromatic nitrogens is 2. The third-order valence-electron chi connectivity index (χ3n) is 5.51. The standard InChI is InChI=1S/C23H30N4O4/c1-16-15-17(2)27(25-16)19-12-10-18(11-13-19)24-23(30)20-7-4-5-14-26(20)21(28)8-6-9-22(29)31-3/h10-13,15,20H,4-9,14H2,1-3H3,(H,24,30)/t20-/m1/s1. The van der Waals surface area contributed by atoms with Gasteiger partial charge in [-0.05, 0) is 69.9 Å². The van der Waals surface area contributed by atoms with Gasteiger partial charge in [-0.3, -0.25) is 14.4 Å². The van der Waals surface area contributed by atoms with Crippen LogP contribution in [0.1, 0.15) is 49.9 Å². The topological polar surface area (TPSA) is 93.5 Å². The number of esters is 1. The van der Waals surface area contributed by atoms with Crippen LogP contribution < -0.4 is 5.32 Å². The highest BCUT2D eigenvalue weighted by Crippen LogP contribution is 2.21. The zero-order valence-corrected chi connectivity index (χ0v) is 18.4. The number of amides is 2. The molecule has 31 heavy (non-hydrogen) atoms. The summed E-state index contributed by atoms with van der Waals surface area (Å²) in [6, 6.07) is 9.02. The number of rotatable bonds is 7. The Labute approximate surface area is 182 Å². The van der Waals surface area contributed by atoms with E-state index in [0.717, 1.165) is 29.9 Å². The van der Waals surface area contributed by atoms with Gasteiger partial charge >= 0.3 is 5.97 Å². The van der Waals surface area contributed by atoms with Gasteiger partial charge in [0.05, 0.1) is 18.5 Å². The van der Waals surface area contributed by atoms with Crippen LogP contribution in [0, 0.1) is 13.8 Å². The summed E-state index contributed by atoms with van der Waals surface area (Å²) in [6.45, 7) is 4.51. The number of hydrogen-bond acceptors (Lipinski definition) is 5. The minimum absolute atomic E-state index is 0.0939. The van der Waals surface area contributed by atoms with E-state index in [0.29, 0.717) is 25.1 Å². The summed E-state index contributed by atoms with van der Waals surface area (Å²) in [5, 5.41) is 7.41. The van der Waals surface area contributed by atoms with Crippen molar-refractivity contribution in [3.63, 3.8) is 0 Å². The molecule has 0 bridgehead atoms. The number of methoxy groups -OCH3 is 1. The lowest BCUT2D eigenvalue weighted by molar-refractivity contribution is -0.142. The zero-order valence-electron chi connectivity index (χ0n) is 18.4. The Morgan fingerprint density at radius 1 is 1.13 bits per heavy atom. The smallest absolute Gasteiger partial charge is 0.305 e. The molecule has 3 rings (SSSR count). The van der Waals surface area contributed by atoms with E-state index in [9.17, 15) is 14.4 Å². The predicted molar refractivity (Wildman–Crippen MR) is 117 cm³/mol. The van der Waals surface area contributed by atoms with Gasteiger partial charge in [0.2, 0.25) is 11.8 Å². The second-order valence-corrected chi connectivity index (χ2v) is 7.90. The fraction of sp³-hybridized carbons (Fsp3) is 0.478. The van der Waals surface area contributed by atoms with Crippen LogP contribution in [0.15, 0.2) is 30.3 Å². The molecule has 8 nitrogen and oxygen atoms in total. The third-order valence-corrected chi connectivity index (χ3v) is 5.51. The molecule has 1 N–H and O–H groups in total. The molecule has 0 saturated carbocycles. The molecule has 166 valence electrons. The fourth-order valence-electron chi connectivity index (χ4n) is 3.93. The number of benzene rings is 1. The van der Waals surface area contributed by atoms with Crippen LogP contribution in [-0.4, -0.2) is 52.2 Å². The normalized spacial score (nSPS) is 16.1. The molecule has 2 amide bonds. The first-order chi connectivity index (χ1) is 14.9. The average Bonchev–Trinajstić information content (AvgIpc) is 3.11. The van der Waals surface area contributed by atoms with Gasteiger partial charge in [0, 0.05) is 30.8 Å². The van der Waals surface area contributed by atoms with Crippen molar-refractivity contribution in [1.29, 1.82) is 0 Å². The quantitative estimate of drug-likeness (QED) is 0.687. The summed E-state index contributed by atoms with van der Waals surface area (Å²) in [5.74, 6) is -0.604. The molecule has 1 fully saturated rings. The molecule has 0 aliphatic carbocycles. The number of likely N-dealkylation sites (tertiary alicyclic amines) is 1. The lowest BCUT2D eigenvalue weighted by Gasteiger charge is -2.34. The van der Waals surface area contributed by atoms with Crippen LogP contribution in [0.5, 0.6) is 0 Å². The Bertz CT molecular complexity index is 936. The average molecular weight is 427 g/mol. The highest BCUT2D eigenvalue weighted by molar-refractivity contribution is 5.97. The zero-order chi connectivity index (χ0) is 22.4. The number of ether oxygens (including phenoxy) is 1. The van der Waals surface area contributed by atoms with Crippen molar-refractivity contribution >= 4 is 23.5 Å². The second kappa shape index (κ2) is 10.2. The van der Waals surface area contributed by atoms with Crippen LogP contribution in [0.2, 0.25) is 0 Å². The Balaban J connectivity index is 1.61. The highest BCUT2D eigenvalue weighted by Gasteiger charge is 2.31. The van der Waals surface area contributed by atoms with Gasteiger partial charge in [-0.25, -0.2) is 4.68 Å². The lowest BCUT2D eigenvalue weighted by Crippen LogP contribution is -2.50. The van der Waals surface area contributed by atoms with Crippen molar-refractivity contribution in [1.82, 2.24) is 14.7 Å². The molecule has 0 radical (unpaired) electrons. The van der Waals surface area contributed by atoms with E-state index in [1.54, 1.807) is 4.90 Å². The van der Waals surface area contributed by atoms with E-state index in [1.807, 2.05) is 48.9 Å². The number of carbonyl (C=O) groups excluding carboxylic acids is 3. The summed E-state index contributed by atoms with van der Waals surface area (Å²) in [7, 11) is 1.33. The van der Waals surface area contributed by atoms with E-state index >= 15 is 0 Å². The van der Waals surface area contributed by atoms with Gasteiger partial charge in [-0.2, -0.15) is 5.10 Å². The van der Waals surface area contributed by atoms with Gasteiger partial charge in [-0.1, -0.05) is 0 Å². The number of nitrogens with zero attached hydrogens (tertiary/aromatic N) is 3. The molecule has 0 spiro atoms. The summed E-state index contributed by atoms with van der Waals surface area (Å²) in [6.07, 6.45) is 3.28. The third kappa shape index (κ3) is 5.71. The van der Waals surface area contributed by atoms with Crippen molar-refractivity contribution in [2.45, 2.75) is 58.4 Å². The maximum Gasteiger partial charge on any atom is 0.305 e. The highest BCUT2D eigenvalue weighted by atomic mass is 16.5. The van der Waals surface area contributed by atoms with E-state index in [-0.39, 0.29) is 30.6 Å². The lowest BCUT2D eigenvalue weighted by atomic mass is 10.00. The number of aryl methyl sites for hydroxylation is 2. The van der Waals surface area contributed by atoms with E-state index in [4.69, 9.17) is 0 Å². The minimum atomic E-state index is -0.491. The monoisotopic (exact) mass is 426 g/mol. The predicted octanol–water partition coefficient (Wildman–Crippen LogP) is 3.15. The van der Waals surface area contributed by atoms with Crippen molar-refractivity contribution in [2.24, 2.45) is 0 Å². The Kier molecular flexibility index (Phi) is 7.44. The Morgan fingerprint density at radius 3 is 2.52 bits per heavy atom. The first-order valence-electron chi connectivity index (χ1n) is 10.7. The summed E-state index contributed by atoms with van der Waals surface area (Å²) < 4.78 is 6.47. The van der Waals surface area contributed by atoms with Gasteiger partial charge < -0.3 is 15.0 Å². The van der Waals surface area contributed by atoms with Crippen LogP contribution in [0.25, 0.3) is 5.69 Å². The molecular weight excluding hydrogens is 396 g/mol. The maximum atomic E-state index is 12.9. The number of piperidine rings is 1. The molecule has 8 heteroatoms. The number of anilines is 1. The van der Waals surface area contributed by atoms with E-state index < -0.39 is 6.04 Å². The van der Waals surface area contributed by atoms with E-state index in [1.165, 1.54) is 7.11 Å². The molecule has 1 aromatic heterocycles. The minimum Gasteiger partial charge on any atom is -0.469 e. The molecule has 2 heterocycles. The first kappa shape index (κ1) is 22.5. The van der Waals surface area contributed by atoms with Crippen LogP contribution in [0.4, 0.5) is 5.69 Å². The second-order valence-electron chi connectivity index (χ2n) is 7.90. The van der Waals surface area contributed by atoms with Crippen LogP contribution >= 0.6 is 0 Å². The maximum absolute atomic E-state index is 12.9. The molecule has 0 unspecified atom stereocenters. The van der Waals surface area contributed by atoms with Crippen LogP contribution in [-0.2, 0) is 19.1 Å². The summed E-state index contributed by atoms with van der Waals surface area (Å²) in [5.41, 5.74) is 3.59. The first-order valence-corrected chi connectivity index (χ1v) is 10.7. The van der Waals surface area contributed by atoms with E-state index in [2.05, 4.69) is 15.2 Å². The Hall–Kier alpha value is -3.16. The van der Waals surface area contributed by atoms with Gasteiger partial charge in [0.1, 0.15) is 6.04 Å². The van der Waals surface area contributed by atoms with Crippen molar-refractivity contribution in [3.05, 3.63) is 41.7 Å². The van der Waals surface area contributed by atoms with Gasteiger partial charge in [0.25, 0.3) is 0 Å². The molecule has 1 aliphatic heterocycles.